The first-order chi connectivity index (χ1) is 10.8. The van der Waals surface area contributed by atoms with Crippen LogP contribution in [0.3, 0.4) is 0 Å². The molecule has 0 radical (unpaired) electrons. The van der Waals surface area contributed by atoms with Crippen molar-refractivity contribution in [1.29, 1.82) is 0 Å². The van der Waals surface area contributed by atoms with Gasteiger partial charge in [-0.3, -0.25) is 4.90 Å². The van der Waals surface area contributed by atoms with Crippen molar-refractivity contribution >= 4 is 23.1 Å². The van der Waals surface area contributed by atoms with Crippen molar-refractivity contribution in [2.45, 2.75) is 37.3 Å². The summed E-state index contributed by atoms with van der Waals surface area (Å²) in [5.74, 6) is 0.908. The highest BCUT2D eigenvalue weighted by molar-refractivity contribution is 7.98. The summed E-state index contributed by atoms with van der Waals surface area (Å²) in [6, 6.07) is 8.22. The van der Waals surface area contributed by atoms with Crippen molar-refractivity contribution in [2.24, 2.45) is 0 Å². The first kappa shape index (κ1) is 15.8. The summed E-state index contributed by atoms with van der Waals surface area (Å²) in [6.45, 7) is 3.97. The summed E-state index contributed by atoms with van der Waals surface area (Å²) in [6.07, 6.45) is 6.11. The number of rotatable bonds is 6. The molecule has 2 heterocycles. The van der Waals surface area contributed by atoms with Gasteiger partial charge in [-0.25, -0.2) is 4.98 Å². The van der Waals surface area contributed by atoms with Gasteiger partial charge in [0.1, 0.15) is 17.4 Å². The van der Waals surface area contributed by atoms with Crippen LogP contribution in [0.1, 0.15) is 30.0 Å². The number of ether oxygens (including phenoxy) is 1. The van der Waals surface area contributed by atoms with Crippen molar-refractivity contribution in [1.82, 2.24) is 9.88 Å². The van der Waals surface area contributed by atoms with Gasteiger partial charge < -0.3 is 4.74 Å². The molecule has 0 spiro atoms. The molecule has 0 saturated carbocycles. The lowest BCUT2D eigenvalue weighted by Gasteiger charge is -2.25. The lowest BCUT2D eigenvalue weighted by atomic mass is 10.1. The van der Waals surface area contributed by atoms with Gasteiger partial charge in [0.25, 0.3) is 0 Å². The van der Waals surface area contributed by atoms with Crippen LogP contribution in [0.25, 0.3) is 0 Å². The molecule has 1 fully saturated rings. The van der Waals surface area contributed by atoms with Crippen molar-refractivity contribution in [2.75, 3.05) is 19.3 Å². The van der Waals surface area contributed by atoms with E-state index in [0.29, 0.717) is 6.61 Å². The maximum atomic E-state index is 5.82. The Morgan fingerprint density at radius 1 is 1.18 bits per heavy atom. The molecule has 0 unspecified atom stereocenters. The first-order valence-electron chi connectivity index (χ1n) is 7.76. The topological polar surface area (TPSA) is 25.4 Å². The number of hydrogen-bond donors (Lipinski definition) is 0. The van der Waals surface area contributed by atoms with Crippen LogP contribution in [-0.4, -0.2) is 29.2 Å². The lowest BCUT2D eigenvalue weighted by molar-refractivity contribution is 0.218. The van der Waals surface area contributed by atoms with Crippen LogP contribution in [-0.2, 0) is 13.2 Å². The molecule has 118 valence electrons. The van der Waals surface area contributed by atoms with E-state index in [0.717, 1.165) is 17.3 Å². The normalized spacial score (nSPS) is 15.9. The molecule has 1 aliphatic rings. The predicted octanol–water partition coefficient (Wildman–Crippen LogP) is 4.43. The molecule has 22 heavy (non-hydrogen) atoms. The lowest BCUT2D eigenvalue weighted by Crippen LogP contribution is -2.29. The van der Waals surface area contributed by atoms with E-state index in [4.69, 9.17) is 9.72 Å². The molecule has 3 nitrogen and oxygen atoms in total. The fourth-order valence-corrected chi connectivity index (χ4v) is 3.76. The molecule has 0 N–H and O–H groups in total. The highest BCUT2D eigenvalue weighted by Gasteiger charge is 2.12. The molecular weight excluding hydrogens is 312 g/mol. The second-order valence-electron chi connectivity index (χ2n) is 5.53. The number of aromatic nitrogens is 1. The van der Waals surface area contributed by atoms with Gasteiger partial charge in [-0.05, 0) is 56.5 Å². The molecular formula is C17H22N2OS2. The summed E-state index contributed by atoms with van der Waals surface area (Å²) in [4.78, 5) is 8.46. The number of nitrogens with zero attached hydrogens (tertiary/aromatic N) is 2. The Morgan fingerprint density at radius 3 is 2.68 bits per heavy atom. The van der Waals surface area contributed by atoms with Crippen molar-refractivity contribution in [3.05, 3.63) is 40.3 Å². The minimum absolute atomic E-state index is 0.559. The summed E-state index contributed by atoms with van der Waals surface area (Å²) in [5, 5.41) is 3.23. The van der Waals surface area contributed by atoms with Crippen LogP contribution >= 0.6 is 23.1 Å². The van der Waals surface area contributed by atoms with Gasteiger partial charge in [0.05, 0.1) is 5.69 Å². The van der Waals surface area contributed by atoms with Crippen LogP contribution in [0.4, 0.5) is 0 Å². The molecule has 1 aromatic carbocycles. The Kier molecular flexibility index (Phi) is 5.76. The van der Waals surface area contributed by atoms with Gasteiger partial charge >= 0.3 is 0 Å². The minimum atomic E-state index is 0.559. The largest absolute Gasteiger partial charge is 0.486 e. The van der Waals surface area contributed by atoms with Gasteiger partial charge in [0.2, 0.25) is 0 Å². The Hall–Kier alpha value is -1.04. The molecule has 0 atom stereocenters. The maximum absolute atomic E-state index is 5.82. The standard InChI is InChI=1S/C17H22N2OS2/c1-21-16-7-5-15(6-8-16)20-12-17-18-14(13-22-17)11-19-9-3-2-4-10-19/h5-8,13H,2-4,9-12H2,1H3. The molecule has 5 heteroatoms. The van der Waals surface area contributed by atoms with Crippen LogP contribution in [0.5, 0.6) is 5.75 Å². The highest BCUT2D eigenvalue weighted by Crippen LogP contribution is 2.21. The third-order valence-corrected chi connectivity index (χ3v) is 5.47. The van der Waals surface area contributed by atoms with E-state index >= 15 is 0 Å². The van der Waals surface area contributed by atoms with Crippen LogP contribution in [0.15, 0.2) is 34.5 Å². The van der Waals surface area contributed by atoms with Gasteiger partial charge in [0.15, 0.2) is 0 Å². The monoisotopic (exact) mass is 334 g/mol. The van der Waals surface area contributed by atoms with Crippen molar-refractivity contribution in [3.8, 4) is 5.75 Å². The minimum Gasteiger partial charge on any atom is -0.486 e. The zero-order valence-electron chi connectivity index (χ0n) is 13.0. The summed E-state index contributed by atoms with van der Waals surface area (Å²) < 4.78 is 5.82. The van der Waals surface area contributed by atoms with E-state index < -0.39 is 0 Å². The van der Waals surface area contributed by atoms with Crippen molar-refractivity contribution < 1.29 is 4.74 Å². The van der Waals surface area contributed by atoms with Crippen molar-refractivity contribution in [3.63, 3.8) is 0 Å². The van der Waals surface area contributed by atoms with E-state index in [9.17, 15) is 0 Å². The molecule has 0 aliphatic carbocycles. The predicted molar refractivity (Wildman–Crippen MR) is 93.8 cm³/mol. The van der Waals surface area contributed by atoms with E-state index in [2.05, 4.69) is 28.7 Å². The number of piperidine rings is 1. The number of hydrogen-bond acceptors (Lipinski definition) is 5. The van der Waals surface area contributed by atoms with Gasteiger partial charge in [-0.15, -0.1) is 23.1 Å². The SMILES string of the molecule is CSc1ccc(OCc2nc(CN3CCCCC3)cs2)cc1. The van der Waals surface area contributed by atoms with Gasteiger partial charge in [-0.2, -0.15) is 0 Å². The maximum Gasteiger partial charge on any atom is 0.140 e. The third-order valence-electron chi connectivity index (χ3n) is 3.86. The molecule has 2 aromatic rings. The zero-order valence-corrected chi connectivity index (χ0v) is 14.6. The molecule has 1 aliphatic heterocycles. The Labute approximate surface area is 140 Å². The third kappa shape index (κ3) is 4.48. The molecule has 0 amide bonds. The van der Waals surface area contributed by atoms with E-state index in [1.54, 1.807) is 23.1 Å². The zero-order chi connectivity index (χ0) is 15.2. The number of likely N-dealkylation sites (tertiary alicyclic amines) is 1. The highest BCUT2D eigenvalue weighted by atomic mass is 32.2. The summed E-state index contributed by atoms with van der Waals surface area (Å²) >= 11 is 3.44. The van der Waals surface area contributed by atoms with E-state index in [1.165, 1.54) is 42.9 Å². The average Bonchev–Trinajstić information content (AvgIpc) is 3.02. The number of thiazole rings is 1. The number of thioether (sulfide) groups is 1. The average molecular weight is 335 g/mol. The summed E-state index contributed by atoms with van der Waals surface area (Å²) in [7, 11) is 0. The second kappa shape index (κ2) is 7.99. The van der Waals surface area contributed by atoms with Gasteiger partial charge in [0, 0.05) is 16.8 Å². The molecule has 3 rings (SSSR count). The molecule has 1 saturated heterocycles. The van der Waals surface area contributed by atoms with Gasteiger partial charge in [-0.1, -0.05) is 6.42 Å². The fraction of sp³-hybridized carbons (Fsp3) is 0.471. The Morgan fingerprint density at radius 2 is 1.95 bits per heavy atom. The smallest absolute Gasteiger partial charge is 0.140 e. The number of benzene rings is 1. The second-order valence-corrected chi connectivity index (χ2v) is 7.36. The fourth-order valence-electron chi connectivity index (χ4n) is 2.65. The van der Waals surface area contributed by atoms with Crippen LogP contribution in [0, 0.1) is 0 Å². The quantitative estimate of drug-likeness (QED) is 0.730. The molecule has 1 aromatic heterocycles. The van der Waals surface area contributed by atoms with Crippen LogP contribution < -0.4 is 4.74 Å². The van der Waals surface area contributed by atoms with E-state index in [-0.39, 0.29) is 0 Å². The Bertz CT molecular complexity index is 577. The van der Waals surface area contributed by atoms with Crippen LogP contribution in [0.2, 0.25) is 0 Å². The Balaban J connectivity index is 1.50. The first-order valence-corrected chi connectivity index (χ1v) is 9.86. The summed E-state index contributed by atoms with van der Waals surface area (Å²) in [5.41, 5.74) is 1.18. The molecule has 0 bridgehead atoms. The van der Waals surface area contributed by atoms with E-state index in [1.807, 2.05) is 12.1 Å².